The molecule has 0 aromatic carbocycles. The first-order valence-electron chi connectivity index (χ1n) is 7.45. The molecular weight excluding hydrogens is 284 g/mol. The number of nitrogens with zero attached hydrogens (tertiary/aromatic N) is 5. The quantitative estimate of drug-likeness (QED) is 0.842. The number of nitrogens with two attached hydrogens (primary N) is 1. The zero-order valence-electron chi connectivity index (χ0n) is 12.6. The Morgan fingerprint density at radius 3 is 2.59 bits per heavy atom. The minimum atomic E-state index is -0.534. The number of anilines is 1. The van der Waals surface area contributed by atoms with Crippen LogP contribution in [0.25, 0.3) is 0 Å². The topological polar surface area (TPSA) is 95.7 Å². The summed E-state index contributed by atoms with van der Waals surface area (Å²) in [4.78, 5) is 37.4. The van der Waals surface area contributed by atoms with Crippen LogP contribution in [0, 0.1) is 0 Å². The van der Waals surface area contributed by atoms with Crippen molar-refractivity contribution in [2.75, 3.05) is 38.1 Å². The Hall–Kier alpha value is -2.38. The molecule has 1 unspecified atom stereocenters. The molecule has 1 aromatic rings. The van der Waals surface area contributed by atoms with Crippen LogP contribution in [-0.2, 0) is 0 Å². The van der Waals surface area contributed by atoms with Gasteiger partial charge in [-0.15, -0.1) is 0 Å². The van der Waals surface area contributed by atoms with E-state index < -0.39 is 5.91 Å². The average molecular weight is 304 g/mol. The molecule has 2 aliphatic rings. The Morgan fingerprint density at radius 2 is 2.00 bits per heavy atom. The molecule has 22 heavy (non-hydrogen) atoms. The van der Waals surface area contributed by atoms with Gasteiger partial charge in [0, 0.05) is 45.6 Å². The number of hydrogen-bond donors (Lipinski definition) is 1. The number of likely N-dealkylation sites (N-methyl/N-ethyl adjacent to an activating group) is 1. The first-order chi connectivity index (χ1) is 10.6. The highest BCUT2D eigenvalue weighted by Crippen LogP contribution is 2.22. The second-order valence-corrected chi connectivity index (χ2v) is 5.78. The van der Waals surface area contributed by atoms with Crippen LogP contribution >= 0.6 is 0 Å². The molecule has 2 aliphatic heterocycles. The summed E-state index contributed by atoms with van der Waals surface area (Å²) in [6, 6.07) is 0.280. The first kappa shape index (κ1) is 14.6. The molecule has 2 fully saturated rings. The van der Waals surface area contributed by atoms with Gasteiger partial charge in [-0.25, -0.2) is 14.8 Å². The van der Waals surface area contributed by atoms with E-state index in [1.807, 2.05) is 11.9 Å². The summed E-state index contributed by atoms with van der Waals surface area (Å²) in [5, 5.41) is 0. The maximum absolute atomic E-state index is 12.1. The summed E-state index contributed by atoms with van der Waals surface area (Å²) in [6.07, 6.45) is 4.88. The van der Waals surface area contributed by atoms with Crippen molar-refractivity contribution in [3.05, 3.63) is 18.0 Å². The van der Waals surface area contributed by atoms with Gasteiger partial charge in [-0.2, -0.15) is 0 Å². The summed E-state index contributed by atoms with van der Waals surface area (Å²) < 4.78 is 0. The molecule has 0 saturated carbocycles. The molecule has 118 valence electrons. The second kappa shape index (κ2) is 5.78. The summed E-state index contributed by atoms with van der Waals surface area (Å²) in [5.74, 6) is 0.0449. The van der Waals surface area contributed by atoms with Gasteiger partial charge in [0.05, 0.1) is 11.6 Å². The molecule has 0 aliphatic carbocycles. The molecule has 2 N–H and O–H groups in total. The predicted molar refractivity (Wildman–Crippen MR) is 80.5 cm³/mol. The number of aromatic nitrogens is 2. The Kier molecular flexibility index (Phi) is 3.82. The highest BCUT2D eigenvalue weighted by molar-refractivity contribution is 5.92. The maximum atomic E-state index is 12.1. The van der Waals surface area contributed by atoms with Gasteiger partial charge in [0.15, 0.2) is 0 Å². The maximum Gasteiger partial charge on any atom is 0.320 e. The minimum Gasteiger partial charge on any atom is -0.366 e. The lowest BCUT2D eigenvalue weighted by atomic mass is 10.0. The van der Waals surface area contributed by atoms with E-state index in [1.165, 1.54) is 12.4 Å². The highest BCUT2D eigenvalue weighted by atomic mass is 16.2. The van der Waals surface area contributed by atoms with Crippen molar-refractivity contribution in [1.29, 1.82) is 0 Å². The van der Waals surface area contributed by atoms with E-state index in [4.69, 9.17) is 5.73 Å². The Balaban J connectivity index is 1.70. The van der Waals surface area contributed by atoms with Crippen molar-refractivity contribution in [3.8, 4) is 0 Å². The second-order valence-electron chi connectivity index (χ2n) is 5.78. The molecule has 2 saturated heterocycles. The zero-order valence-corrected chi connectivity index (χ0v) is 12.6. The van der Waals surface area contributed by atoms with Crippen LogP contribution in [0.5, 0.6) is 0 Å². The molecule has 1 aromatic heterocycles. The molecule has 0 bridgehead atoms. The summed E-state index contributed by atoms with van der Waals surface area (Å²) >= 11 is 0. The number of rotatable bonds is 3. The van der Waals surface area contributed by atoms with Crippen LogP contribution in [0.3, 0.4) is 0 Å². The predicted octanol–water partition coefficient (Wildman–Crippen LogP) is -0.0883. The van der Waals surface area contributed by atoms with E-state index in [2.05, 4.69) is 14.9 Å². The molecule has 1 atom stereocenters. The lowest BCUT2D eigenvalue weighted by molar-refractivity contribution is 0.0999. The van der Waals surface area contributed by atoms with Gasteiger partial charge in [0.1, 0.15) is 0 Å². The molecule has 3 rings (SSSR count). The van der Waals surface area contributed by atoms with E-state index in [-0.39, 0.29) is 12.1 Å². The summed E-state index contributed by atoms with van der Waals surface area (Å²) in [7, 11) is 1.83. The molecule has 8 heteroatoms. The Bertz CT molecular complexity index is 575. The van der Waals surface area contributed by atoms with Gasteiger partial charge in [-0.05, 0) is 12.8 Å². The molecule has 0 spiro atoms. The van der Waals surface area contributed by atoms with Gasteiger partial charge in [-0.3, -0.25) is 4.79 Å². The smallest absolute Gasteiger partial charge is 0.320 e. The monoisotopic (exact) mass is 304 g/mol. The van der Waals surface area contributed by atoms with Crippen molar-refractivity contribution >= 4 is 17.9 Å². The van der Waals surface area contributed by atoms with Crippen LogP contribution in [0.15, 0.2) is 12.4 Å². The van der Waals surface area contributed by atoms with Gasteiger partial charge in [0.25, 0.3) is 5.91 Å². The van der Waals surface area contributed by atoms with Crippen LogP contribution in [0.2, 0.25) is 0 Å². The van der Waals surface area contributed by atoms with Crippen molar-refractivity contribution in [3.63, 3.8) is 0 Å². The molecule has 8 nitrogen and oxygen atoms in total. The fourth-order valence-corrected chi connectivity index (χ4v) is 3.01. The number of primary amides is 1. The Labute approximate surface area is 128 Å². The van der Waals surface area contributed by atoms with E-state index in [1.54, 1.807) is 4.90 Å². The summed E-state index contributed by atoms with van der Waals surface area (Å²) in [6.45, 7) is 3.12. The van der Waals surface area contributed by atoms with E-state index in [0.29, 0.717) is 11.5 Å². The molecule has 3 heterocycles. The number of amides is 3. The fraction of sp³-hybridized carbons (Fsp3) is 0.571. The van der Waals surface area contributed by atoms with E-state index in [0.717, 1.165) is 39.0 Å². The fourth-order valence-electron chi connectivity index (χ4n) is 3.01. The third-order valence-corrected chi connectivity index (χ3v) is 4.29. The minimum absolute atomic E-state index is 0.0943. The summed E-state index contributed by atoms with van der Waals surface area (Å²) in [5.41, 5.74) is 5.49. The number of hydrogen-bond acceptors (Lipinski definition) is 5. The van der Waals surface area contributed by atoms with Crippen LogP contribution in [0.4, 0.5) is 10.7 Å². The molecule has 3 amide bonds. The number of carbonyl (C=O) groups excluding carboxylic acids is 2. The van der Waals surface area contributed by atoms with Crippen molar-refractivity contribution in [2.24, 2.45) is 5.73 Å². The first-order valence-corrected chi connectivity index (χ1v) is 7.45. The van der Waals surface area contributed by atoms with Crippen molar-refractivity contribution in [2.45, 2.75) is 18.9 Å². The van der Waals surface area contributed by atoms with E-state index in [9.17, 15) is 9.59 Å². The van der Waals surface area contributed by atoms with Gasteiger partial charge in [0.2, 0.25) is 5.95 Å². The average Bonchev–Trinajstić information content (AvgIpc) is 2.87. The van der Waals surface area contributed by atoms with Crippen LogP contribution in [0.1, 0.15) is 23.2 Å². The van der Waals surface area contributed by atoms with Crippen molar-refractivity contribution < 1.29 is 9.59 Å². The molecular formula is C14H20N6O2. The van der Waals surface area contributed by atoms with Crippen LogP contribution < -0.4 is 10.6 Å². The SMILES string of the molecule is CN1CCN(C2CCCN(c3ncc(C(N)=O)cn3)C2)C1=O. The lowest BCUT2D eigenvalue weighted by Crippen LogP contribution is -2.49. The van der Waals surface area contributed by atoms with Crippen molar-refractivity contribution in [1.82, 2.24) is 19.8 Å². The molecule has 0 radical (unpaired) electrons. The highest BCUT2D eigenvalue weighted by Gasteiger charge is 2.34. The number of piperidine rings is 1. The Morgan fingerprint density at radius 1 is 1.27 bits per heavy atom. The zero-order chi connectivity index (χ0) is 15.7. The normalized spacial score (nSPS) is 22.3. The number of carbonyl (C=O) groups is 2. The van der Waals surface area contributed by atoms with E-state index >= 15 is 0 Å². The lowest BCUT2D eigenvalue weighted by Gasteiger charge is -2.37. The van der Waals surface area contributed by atoms with Gasteiger partial charge >= 0.3 is 6.03 Å². The third-order valence-electron chi connectivity index (χ3n) is 4.29. The standard InChI is InChI=1S/C14H20N6O2/c1-18-5-6-20(14(18)22)11-3-2-4-19(9-11)13-16-7-10(8-17-13)12(15)21/h7-8,11H,2-6,9H2,1H3,(H2,15,21). The van der Waals surface area contributed by atoms with Crippen LogP contribution in [-0.4, -0.2) is 71.0 Å². The number of urea groups is 1. The third kappa shape index (κ3) is 2.68. The van der Waals surface area contributed by atoms with Gasteiger partial charge in [-0.1, -0.05) is 0 Å². The van der Waals surface area contributed by atoms with Gasteiger partial charge < -0.3 is 20.4 Å². The largest absolute Gasteiger partial charge is 0.366 e.